The third-order valence-electron chi connectivity index (χ3n) is 6.70. The lowest BCUT2D eigenvalue weighted by molar-refractivity contribution is 0.144. The van der Waals surface area contributed by atoms with Crippen molar-refractivity contribution in [3.8, 4) is 17.3 Å². The smallest absolute Gasteiger partial charge is 0.279 e. The van der Waals surface area contributed by atoms with E-state index in [9.17, 15) is 13.2 Å². The fourth-order valence-electron chi connectivity index (χ4n) is 4.29. The van der Waals surface area contributed by atoms with Gasteiger partial charge in [-0.05, 0) is 32.9 Å². The normalized spacial score (nSPS) is 16.4. The number of likely N-dealkylation sites (N-methyl/N-ethyl adjacent to an activating group) is 1. The van der Waals surface area contributed by atoms with E-state index in [4.69, 9.17) is 14.5 Å². The van der Waals surface area contributed by atoms with Gasteiger partial charge in [0.05, 0.1) is 24.1 Å². The number of piperazine rings is 1. The Bertz CT molecular complexity index is 1410. The van der Waals surface area contributed by atoms with Crippen LogP contribution in [-0.2, 0) is 21.2 Å². The van der Waals surface area contributed by atoms with Gasteiger partial charge in [0.15, 0.2) is 5.52 Å². The Morgan fingerprint density at radius 1 is 1.14 bits per heavy atom. The number of aromatic amines is 1. The van der Waals surface area contributed by atoms with Gasteiger partial charge in [-0.1, -0.05) is 13.8 Å². The molecule has 1 atom stereocenters. The maximum atomic E-state index is 13.4. The first-order chi connectivity index (χ1) is 17.7. The second-order valence-electron chi connectivity index (χ2n) is 9.19. The molecule has 1 N–H and O–H groups in total. The first-order valence-corrected chi connectivity index (χ1v) is 14.0. The molecule has 0 bridgehead atoms. The molecule has 0 radical (unpaired) electrons. The summed E-state index contributed by atoms with van der Waals surface area (Å²) in [4.78, 5) is 27.1. The van der Waals surface area contributed by atoms with Gasteiger partial charge in [-0.3, -0.25) is 9.48 Å². The van der Waals surface area contributed by atoms with Gasteiger partial charge in [0, 0.05) is 39.3 Å². The fraction of sp³-hybridized carbons (Fsp3) is 0.583. The summed E-state index contributed by atoms with van der Waals surface area (Å²) in [7, 11) is -0.293. The second kappa shape index (κ2) is 11.3. The van der Waals surface area contributed by atoms with Crippen LogP contribution in [0.2, 0.25) is 0 Å². The number of ether oxygens (including phenoxy) is 2. The maximum absolute atomic E-state index is 13.4. The molecule has 4 rings (SSSR count). The van der Waals surface area contributed by atoms with Crippen molar-refractivity contribution in [2.24, 2.45) is 0 Å². The molecular weight excluding hydrogens is 498 g/mol. The molecule has 0 amide bonds. The van der Waals surface area contributed by atoms with Crippen molar-refractivity contribution < 1.29 is 17.9 Å². The number of aryl methyl sites for hydroxylation is 1. The van der Waals surface area contributed by atoms with E-state index in [1.165, 1.54) is 16.6 Å². The molecule has 3 aromatic rings. The van der Waals surface area contributed by atoms with Crippen LogP contribution in [-0.4, -0.2) is 95.9 Å². The van der Waals surface area contributed by atoms with Gasteiger partial charge in [-0.15, -0.1) is 0 Å². The van der Waals surface area contributed by atoms with Crippen LogP contribution in [0.3, 0.4) is 0 Å². The molecule has 202 valence electrons. The minimum Gasteiger partial charge on any atom is -0.475 e. The Morgan fingerprint density at radius 2 is 1.86 bits per heavy atom. The number of hydrogen-bond donors (Lipinski definition) is 1. The van der Waals surface area contributed by atoms with E-state index in [1.54, 1.807) is 7.11 Å². The molecule has 0 unspecified atom stereocenters. The Hall–Kier alpha value is -2.87. The number of sulfonamides is 1. The molecule has 13 heteroatoms. The van der Waals surface area contributed by atoms with Crippen molar-refractivity contribution >= 4 is 21.1 Å². The Balaban J connectivity index is 1.85. The maximum Gasteiger partial charge on any atom is 0.279 e. The summed E-state index contributed by atoms with van der Waals surface area (Å²) < 4.78 is 41.0. The molecule has 1 fully saturated rings. The number of hydrogen-bond acceptors (Lipinski definition) is 9. The monoisotopic (exact) mass is 533 g/mol. The standard InChI is InChI=1S/C24H35N7O5S/c1-6-16(3)31-19(7-2)20-21(28-31)23(32)27-22(26-20)18-14-17(15-25-24(18)36-13-12-35-5)37(33,34)30-10-8-29(4)9-11-30/h14-16H,6-13H2,1-5H3,(H,26,27,32)/t16-/m0/s1. The van der Waals surface area contributed by atoms with Crippen LogP contribution >= 0.6 is 0 Å². The molecule has 0 aliphatic carbocycles. The van der Waals surface area contributed by atoms with E-state index in [2.05, 4.69) is 26.9 Å². The Morgan fingerprint density at radius 3 is 2.51 bits per heavy atom. The van der Waals surface area contributed by atoms with Crippen molar-refractivity contribution in [2.45, 2.75) is 44.6 Å². The van der Waals surface area contributed by atoms with Gasteiger partial charge in [-0.2, -0.15) is 9.40 Å². The van der Waals surface area contributed by atoms with Crippen molar-refractivity contribution in [1.82, 2.24) is 33.9 Å². The summed E-state index contributed by atoms with van der Waals surface area (Å²) in [5, 5.41) is 4.54. The van der Waals surface area contributed by atoms with Crippen LogP contribution < -0.4 is 10.3 Å². The van der Waals surface area contributed by atoms with E-state index in [0.717, 1.165) is 12.1 Å². The molecule has 0 spiro atoms. The molecule has 1 aliphatic rings. The number of fused-ring (bicyclic) bond motifs is 1. The number of nitrogens with one attached hydrogen (secondary N) is 1. The van der Waals surface area contributed by atoms with Crippen LogP contribution in [0.25, 0.3) is 22.4 Å². The third-order valence-corrected chi connectivity index (χ3v) is 8.57. The predicted molar refractivity (Wildman–Crippen MR) is 139 cm³/mol. The highest BCUT2D eigenvalue weighted by Gasteiger charge is 2.29. The number of nitrogens with zero attached hydrogens (tertiary/aromatic N) is 6. The van der Waals surface area contributed by atoms with E-state index < -0.39 is 15.6 Å². The highest BCUT2D eigenvalue weighted by atomic mass is 32.2. The average Bonchev–Trinajstić information content (AvgIpc) is 3.28. The topological polar surface area (TPSA) is 136 Å². The SMILES string of the molecule is CCc1c2nc(-c3cc(S(=O)(=O)N4CCN(C)CC4)cnc3OCCOC)[nH]c(=O)c2nn1[C@@H](C)CC. The minimum absolute atomic E-state index is 0.0138. The van der Waals surface area contributed by atoms with Gasteiger partial charge in [0.25, 0.3) is 5.56 Å². The highest BCUT2D eigenvalue weighted by molar-refractivity contribution is 7.89. The zero-order chi connectivity index (χ0) is 26.7. The number of methoxy groups -OCH3 is 1. The molecule has 0 aromatic carbocycles. The number of aromatic nitrogens is 5. The quantitative estimate of drug-likeness (QED) is 0.386. The van der Waals surface area contributed by atoms with Gasteiger partial charge in [-0.25, -0.2) is 18.4 Å². The van der Waals surface area contributed by atoms with E-state index in [0.29, 0.717) is 44.7 Å². The third kappa shape index (κ3) is 5.40. The van der Waals surface area contributed by atoms with Gasteiger partial charge >= 0.3 is 0 Å². The summed E-state index contributed by atoms with van der Waals surface area (Å²) in [5.74, 6) is 0.329. The molecule has 3 aromatic heterocycles. The molecule has 1 aliphatic heterocycles. The molecule has 37 heavy (non-hydrogen) atoms. The number of pyridine rings is 1. The predicted octanol–water partition coefficient (Wildman–Crippen LogP) is 1.68. The van der Waals surface area contributed by atoms with Gasteiger partial charge in [0.1, 0.15) is 22.8 Å². The van der Waals surface area contributed by atoms with Crippen molar-refractivity contribution in [2.75, 3.05) is 53.6 Å². The molecular formula is C24H35N7O5S. The summed E-state index contributed by atoms with van der Waals surface area (Å²) in [6.45, 7) is 8.65. The van der Waals surface area contributed by atoms with Crippen molar-refractivity contribution in [3.05, 3.63) is 28.3 Å². The Labute approximate surface area is 216 Å². The number of rotatable bonds is 10. The summed E-state index contributed by atoms with van der Waals surface area (Å²) >= 11 is 0. The second-order valence-corrected chi connectivity index (χ2v) is 11.1. The lowest BCUT2D eigenvalue weighted by atomic mass is 10.2. The lowest BCUT2D eigenvalue weighted by Gasteiger charge is -2.31. The molecule has 1 saturated heterocycles. The average molecular weight is 534 g/mol. The summed E-state index contributed by atoms with van der Waals surface area (Å²) in [6.07, 6.45) is 2.76. The zero-order valence-corrected chi connectivity index (χ0v) is 22.8. The van der Waals surface area contributed by atoms with Crippen LogP contribution in [0.4, 0.5) is 0 Å². The van der Waals surface area contributed by atoms with Crippen LogP contribution in [0.1, 0.15) is 38.9 Å². The van der Waals surface area contributed by atoms with E-state index in [1.807, 2.05) is 25.6 Å². The lowest BCUT2D eigenvalue weighted by Crippen LogP contribution is -2.47. The molecule has 12 nitrogen and oxygen atoms in total. The largest absolute Gasteiger partial charge is 0.475 e. The fourth-order valence-corrected chi connectivity index (χ4v) is 5.68. The number of H-pyrrole nitrogens is 1. The molecule has 0 saturated carbocycles. The minimum atomic E-state index is -3.81. The highest BCUT2D eigenvalue weighted by Crippen LogP contribution is 2.30. The van der Waals surface area contributed by atoms with E-state index in [-0.39, 0.29) is 40.3 Å². The summed E-state index contributed by atoms with van der Waals surface area (Å²) in [6, 6.07) is 1.57. The van der Waals surface area contributed by atoms with Crippen LogP contribution in [0.5, 0.6) is 5.88 Å². The first-order valence-electron chi connectivity index (χ1n) is 12.5. The van der Waals surface area contributed by atoms with E-state index >= 15 is 0 Å². The van der Waals surface area contributed by atoms with Crippen molar-refractivity contribution in [3.63, 3.8) is 0 Å². The first kappa shape index (κ1) is 27.2. The molecule has 4 heterocycles. The Kier molecular flexibility index (Phi) is 8.26. The van der Waals surface area contributed by atoms with Crippen molar-refractivity contribution in [1.29, 1.82) is 0 Å². The van der Waals surface area contributed by atoms with Gasteiger partial charge in [0.2, 0.25) is 15.9 Å². The van der Waals surface area contributed by atoms with Gasteiger partial charge < -0.3 is 19.4 Å². The van der Waals surface area contributed by atoms with Crippen LogP contribution in [0.15, 0.2) is 22.0 Å². The zero-order valence-electron chi connectivity index (χ0n) is 22.0. The van der Waals surface area contributed by atoms with Crippen LogP contribution in [0, 0.1) is 0 Å². The summed E-state index contributed by atoms with van der Waals surface area (Å²) in [5.41, 5.74) is 1.44.